The molecular weight excluding hydrogens is 246 g/mol. The first kappa shape index (κ1) is 14.0. The van der Waals surface area contributed by atoms with E-state index >= 15 is 0 Å². The fourth-order valence-electron chi connectivity index (χ4n) is 2.19. The van der Waals surface area contributed by atoms with Gasteiger partial charge in [0.25, 0.3) is 0 Å². The zero-order valence-corrected chi connectivity index (χ0v) is 11.9. The molecule has 0 saturated heterocycles. The molecule has 0 unspecified atom stereocenters. The largest absolute Gasteiger partial charge is 0.372 e. The lowest BCUT2D eigenvalue weighted by molar-refractivity contribution is 0.866. The molecule has 0 aliphatic heterocycles. The Balaban J connectivity index is 2.17. The summed E-state index contributed by atoms with van der Waals surface area (Å²) < 4.78 is 0. The zero-order valence-electron chi connectivity index (χ0n) is 11.9. The first-order valence-corrected chi connectivity index (χ1v) is 6.89. The molecule has 3 nitrogen and oxygen atoms in total. The van der Waals surface area contributed by atoms with Crippen molar-refractivity contribution in [2.24, 2.45) is 0 Å². The molecule has 2 aromatic carbocycles. The van der Waals surface area contributed by atoms with Crippen LogP contribution in [-0.4, -0.2) is 13.1 Å². The van der Waals surface area contributed by atoms with Crippen molar-refractivity contribution < 1.29 is 0 Å². The molecule has 0 radical (unpaired) electrons. The van der Waals surface area contributed by atoms with Gasteiger partial charge in [0.2, 0.25) is 0 Å². The Labute approximate surface area is 120 Å². The average Bonchev–Trinajstić information content (AvgIpc) is 2.51. The standard InChI is InChI=1S/C17H19N3/c1-3-20(4-2)16-11-9-15(10-12-16)19-17-8-6-5-7-14(17)13-18/h5-12,19H,3-4H2,1-2H3. The Morgan fingerprint density at radius 2 is 1.65 bits per heavy atom. The van der Waals surface area contributed by atoms with Crippen LogP contribution in [0.5, 0.6) is 0 Å². The highest BCUT2D eigenvalue weighted by molar-refractivity contribution is 5.67. The Hall–Kier alpha value is -2.47. The van der Waals surface area contributed by atoms with Crippen LogP contribution in [0.25, 0.3) is 0 Å². The van der Waals surface area contributed by atoms with Gasteiger partial charge in [-0.3, -0.25) is 0 Å². The first-order chi connectivity index (χ1) is 9.78. The molecule has 0 saturated carbocycles. The summed E-state index contributed by atoms with van der Waals surface area (Å²) in [4.78, 5) is 2.30. The van der Waals surface area contributed by atoms with E-state index in [1.165, 1.54) is 5.69 Å². The van der Waals surface area contributed by atoms with Crippen molar-refractivity contribution in [3.05, 3.63) is 54.1 Å². The van der Waals surface area contributed by atoms with E-state index in [1.54, 1.807) is 0 Å². The van der Waals surface area contributed by atoms with E-state index in [9.17, 15) is 0 Å². The van der Waals surface area contributed by atoms with Gasteiger partial charge in [-0.1, -0.05) is 12.1 Å². The van der Waals surface area contributed by atoms with Crippen LogP contribution in [0.1, 0.15) is 19.4 Å². The summed E-state index contributed by atoms with van der Waals surface area (Å²) in [6, 6.07) is 18.0. The molecular formula is C17H19N3. The molecule has 0 aliphatic rings. The van der Waals surface area contributed by atoms with Gasteiger partial charge in [0.15, 0.2) is 0 Å². The van der Waals surface area contributed by atoms with Gasteiger partial charge < -0.3 is 10.2 Å². The minimum absolute atomic E-state index is 0.653. The minimum atomic E-state index is 0.653. The van der Waals surface area contributed by atoms with Crippen molar-refractivity contribution in [2.75, 3.05) is 23.3 Å². The monoisotopic (exact) mass is 265 g/mol. The molecule has 0 spiro atoms. The van der Waals surface area contributed by atoms with E-state index in [1.807, 2.05) is 36.4 Å². The normalized spacial score (nSPS) is 9.85. The third-order valence-corrected chi connectivity index (χ3v) is 3.32. The van der Waals surface area contributed by atoms with Gasteiger partial charge in [0.05, 0.1) is 11.3 Å². The molecule has 0 aliphatic carbocycles. The number of para-hydroxylation sites is 1. The van der Waals surface area contributed by atoms with E-state index in [0.717, 1.165) is 24.5 Å². The molecule has 0 fully saturated rings. The van der Waals surface area contributed by atoms with Gasteiger partial charge in [-0.25, -0.2) is 0 Å². The Morgan fingerprint density at radius 3 is 2.25 bits per heavy atom. The maximum Gasteiger partial charge on any atom is 0.101 e. The Bertz CT molecular complexity index is 592. The number of nitriles is 1. The summed E-state index contributed by atoms with van der Waals surface area (Å²) in [6.07, 6.45) is 0. The third kappa shape index (κ3) is 3.10. The maximum absolute atomic E-state index is 9.08. The molecule has 0 atom stereocenters. The van der Waals surface area contributed by atoms with Crippen LogP contribution in [-0.2, 0) is 0 Å². The molecule has 0 amide bonds. The highest BCUT2D eigenvalue weighted by Crippen LogP contribution is 2.23. The van der Waals surface area contributed by atoms with E-state index < -0.39 is 0 Å². The predicted octanol–water partition coefficient (Wildman–Crippen LogP) is 4.15. The number of hydrogen-bond acceptors (Lipinski definition) is 3. The summed E-state index contributed by atoms with van der Waals surface area (Å²) in [5, 5.41) is 12.4. The number of nitrogens with one attached hydrogen (secondary N) is 1. The first-order valence-electron chi connectivity index (χ1n) is 6.89. The fraction of sp³-hybridized carbons (Fsp3) is 0.235. The van der Waals surface area contributed by atoms with E-state index in [-0.39, 0.29) is 0 Å². The summed E-state index contributed by atoms with van der Waals surface area (Å²) >= 11 is 0. The average molecular weight is 265 g/mol. The number of benzene rings is 2. The van der Waals surface area contributed by atoms with Crippen molar-refractivity contribution in [1.29, 1.82) is 5.26 Å². The number of hydrogen-bond donors (Lipinski definition) is 1. The van der Waals surface area contributed by atoms with Gasteiger partial charge in [0, 0.05) is 24.5 Å². The smallest absolute Gasteiger partial charge is 0.101 e. The van der Waals surface area contributed by atoms with Gasteiger partial charge in [-0.2, -0.15) is 5.26 Å². The van der Waals surface area contributed by atoms with Crippen LogP contribution < -0.4 is 10.2 Å². The molecule has 0 aromatic heterocycles. The quantitative estimate of drug-likeness (QED) is 0.882. The summed E-state index contributed by atoms with van der Waals surface area (Å²) in [5.74, 6) is 0. The molecule has 2 rings (SSSR count). The fourth-order valence-corrected chi connectivity index (χ4v) is 2.19. The maximum atomic E-state index is 9.08. The Morgan fingerprint density at radius 1 is 1.00 bits per heavy atom. The van der Waals surface area contributed by atoms with Gasteiger partial charge in [0.1, 0.15) is 6.07 Å². The van der Waals surface area contributed by atoms with E-state index in [4.69, 9.17) is 5.26 Å². The SMILES string of the molecule is CCN(CC)c1ccc(Nc2ccccc2C#N)cc1. The molecule has 102 valence electrons. The van der Waals surface area contributed by atoms with Crippen LogP contribution in [0.2, 0.25) is 0 Å². The van der Waals surface area contributed by atoms with Crippen molar-refractivity contribution in [1.82, 2.24) is 0 Å². The van der Waals surface area contributed by atoms with E-state index in [0.29, 0.717) is 5.56 Å². The van der Waals surface area contributed by atoms with Gasteiger partial charge >= 0.3 is 0 Å². The van der Waals surface area contributed by atoms with Crippen LogP contribution in [0.15, 0.2) is 48.5 Å². The summed E-state index contributed by atoms with van der Waals surface area (Å²) in [6.45, 7) is 6.30. The van der Waals surface area contributed by atoms with Crippen LogP contribution in [0.4, 0.5) is 17.1 Å². The van der Waals surface area contributed by atoms with Crippen molar-refractivity contribution in [3.8, 4) is 6.07 Å². The highest BCUT2D eigenvalue weighted by atomic mass is 15.1. The van der Waals surface area contributed by atoms with Crippen molar-refractivity contribution >= 4 is 17.1 Å². The minimum Gasteiger partial charge on any atom is -0.372 e. The van der Waals surface area contributed by atoms with E-state index in [2.05, 4.69) is 42.3 Å². The van der Waals surface area contributed by atoms with Crippen LogP contribution in [0, 0.1) is 11.3 Å². The lowest BCUT2D eigenvalue weighted by Crippen LogP contribution is -2.21. The molecule has 20 heavy (non-hydrogen) atoms. The number of anilines is 3. The second-order valence-electron chi connectivity index (χ2n) is 4.50. The second-order valence-corrected chi connectivity index (χ2v) is 4.50. The zero-order chi connectivity index (χ0) is 14.4. The van der Waals surface area contributed by atoms with Crippen LogP contribution >= 0.6 is 0 Å². The van der Waals surface area contributed by atoms with Crippen molar-refractivity contribution in [2.45, 2.75) is 13.8 Å². The topological polar surface area (TPSA) is 39.1 Å². The third-order valence-electron chi connectivity index (χ3n) is 3.32. The predicted molar refractivity (Wildman–Crippen MR) is 84.4 cm³/mol. The summed E-state index contributed by atoms with van der Waals surface area (Å²) in [7, 11) is 0. The Kier molecular flexibility index (Phi) is 4.62. The second kappa shape index (κ2) is 6.63. The van der Waals surface area contributed by atoms with Gasteiger partial charge in [-0.05, 0) is 50.2 Å². The number of nitrogens with zero attached hydrogens (tertiary/aromatic N) is 2. The highest BCUT2D eigenvalue weighted by Gasteiger charge is 2.03. The molecule has 3 heteroatoms. The summed E-state index contributed by atoms with van der Waals surface area (Å²) in [5.41, 5.74) is 3.70. The molecule has 0 bridgehead atoms. The van der Waals surface area contributed by atoms with Crippen LogP contribution in [0.3, 0.4) is 0 Å². The van der Waals surface area contributed by atoms with Gasteiger partial charge in [-0.15, -0.1) is 0 Å². The lowest BCUT2D eigenvalue weighted by Gasteiger charge is -2.21. The van der Waals surface area contributed by atoms with Crippen molar-refractivity contribution in [3.63, 3.8) is 0 Å². The molecule has 0 heterocycles. The number of rotatable bonds is 5. The molecule has 1 N–H and O–H groups in total. The molecule has 2 aromatic rings. The lowest BCUT2D eigenvalue weighted by atomic mass is 10.2.